The topological polar surface area (TPSA) is 20.2 Å². The van der Waals surface area contributed by atoms with Gasteiger partial charge >= 0.3 is 0 Å². The quantitative estimate of drug-likeness (QED) is 0.827. The molecule has 1 aliphatic carbocycles. The standard InChI is InChI=1S/C16H24O/c1-4-14-6-5-11-16(14,17)15-9-7-13(8-10-15)12(2)3/h7-10,12,14,17H,4-6,11H2,1-3H3. The molecule has 1 N–H and O–H groups in total. The highest BCUT2D eigenvalue weighted by atomic mass is 16.3. The first-order valence-corrected chi connectivity index (χ1v) is 6.90. The zero-order chi connectivity index (χ0) is 12.5. The van der Waals surface area contributed by atoms with Gasteiger partial charge in [0.15, 0.2) is 0 Å². The highest BCUT2D eigenvalue weighted by Crippen LogP contribution is 2.45. The summed E-state index contributed by atoms with van der Waals surface area (Å²) in [4.78, 5) is 0. The van der Waals surface area contributed by atoms with Crippen LogP contribution in [0.25, 0.3) is 0 Å². The molecule has 2 rings (SSSR count). The molecular formula is C16H24O. The van der Waals surface area contributed by atoms with Crippen molar-refractivity contribution in [3.8, 4) is 0 Å². The van der Waals surface area contributed by atoms with E-state index in [4.69, 9.17) is 0 Å². The molecular weight excluding hydrogens is 208 g/mol. The van der Waals surface area contributed by atoms with Gasteiger partial charge in [0, 0.05) is 0 Å². The second-order valence-electron chi connectivity index (χ2n) is 5.70. The zero-order valence-electron chi connectivity index (χ0n) is 11.2. The van der Waals surface area contributed by atoms with E-state index >= 15 is 0 Å². The van der Waals surface area contributed by atoms with Crippen LogP contribution in [0.4, 0.5) is 0 Å². The highest BCUT2D eigenvalue weighted by Gasteiger charge is 2.41. The summed E-state index contributed by atoms with van der Waals surface area (Å²) in [5.41, 5.74) is 1.90. The number of hydrogen-bond donors (Lipinski definition) is 1. The Kier molecular flexibility index (Phi) is 3.58. The molecule has 0 saturated heterocycles. The molecule has 2 atom stereocenters. The molecule has 0 amide bonds. The predicted molar refractivity (Wildman–Crippen MR) is 72.1 cm³/mol. The number of benzene rings is 1. The van der Waals surface area contributed by atoms with Crippen LogP contribution in [-0.4, -0.2) is 5.11 Å². The van der Waals surface area contributed by atoms with Crippen molar-refractivity contribution >= 4 is 0 Å². The Morgan fingerprint density at radius 1 is 1.29 bits per heavy atom. The lowest BCUT2D eigenvalue weighted by molar-refractivity contribution is -0.00388. The SMILES string of the molecule is CCC1CCCC1(O)c1ccc(C(C)C)cc1. The Labute approximate surface area is 105 Å². The van der Waals surface area contributed by atoms with Crippen LogP contribution in [-0.2, 0) is 5.60 Å². The van der Waals surface area contributed by atoms with Crippen molar-refractivity contribution in [1.29, 1.82) is 0 Å². The molecule has 0 aliphatic heterocycles. The van der Waals surface area contributed by atoms with E-state index in [-0.39, 0.29) is 0 Å². The molecule has 0 radical (unpaired) electrons. The molecule has 1 aromatic rings. The van der Waals surface area contributed by atoms with Crippen LogP contribution in [0, 0.1) is 5.92 Å². The van der Waals surface area contributed by atoms with Crippen molar-refractivity contribution in [3.63, 3.8) is 0 Å². The molecule has 94 valence electrons. The van der Waals surface area contributed by atoms with Gasteiger partial charge in [-0.15, -0.1) is 0 Å². The Balaban J connectivity index is 2.27. The van der Waals surface area contributed by atoms with Crippen molar-refractivity contribution in [2.45, 2.75) is 58.0 Å². The molecule has 0 heterocycles. The molecule has 17 heavy (non-hydrogen) atoms. The number of hydrogen-bond acceptors (Lipinski definition) is 1. The Hall–Kier alpha value is -0.820. The first kappa shape index (κ1) is 12.6. The third-order valence-corrected chi connectivity index (χ3v) is 4.36. The van der Waals surface area contributed by atoms with Crippen molar-refractivity contribution in [1.82, 2.24) is 0 Å². The summed E-state index contributed by atoms with van der Waals surface area (Å²) in [5.74, 6) is 0.997. The molecule has 1 saturated carbocycles. The minimum atomic E-state index is -0.565. The third-order valence-electron chi connectivity index (χ3n) is 4.36. The molecule has 2 unspecified atom stereocenters. The lowest BCUT2D eigenvalue weighted by Crippen LogP contribution is -2.29. The second-order valence-corrected chi connectivity index (χ2v) is 5.70. The summed E-state index contributed by atoms with van der Waals surface area (Å²) in [6, 6.07) is 8.60. The molecule has 1 aromatic carbocycles. The van der Waals surface area contributed by atoms with E-state index in [2.05, 4.69) is 45.0 Å². The number of rotatable bonds is 3. The molecule has 1 nitrogen and oxygen atoms in total. The monoisotopic (exact) mass is 232 g/mol. The first-order valence-electron chi connectivity index (χ1n) is 6.90. The van der Waals surface area contributed by atoms with Crippen molar-refractivity contribution in [3.05, 3.63) is 35.4 Å². The van der Waals surface area contributed by atoms with Gasteiger partial charge in [-0.05, 0) is 42.2 Å². The molecule has 0 aromatic heterocycles. The minimum Gasteiger partial charge on any atom is -0.385 e. The lowest BCUT2D eigenvalue weighted by atomic mass is 9.82. The average molecular weight is 232 g/mol. The van der Waals surface area contributed by atoms with Crippen LogP contribution in [0.3, 0.4) is 0 Å². The van der Waals surface area contributed by atoms with Gasteiger partial charge in [0.2, 0.25) is 0 Å². The van der Waals surface area contributed by atoms with E-state index in [9.17, 15) is 5.11 Å². The van der Waals surface area contributed by atoms with Gasteiger partial charge in [0.1, 0.15) is 0 Å². The van der Waals surface area contributed by atoms with Gasteiger partial charge in [-0.1, -0.05) is 51.5 Å². The summed E-state index contributed by atoms with van der Waals surface area (Å²) >= 11 is 0. The van der Waals surface area contributed by atoms with Crippen LogP contribution in [0.15, 0.2) is 24.3 Å². The minimum absolute atomic E-state index is 0.437. The van der Waals surface area contributed by atoms with E-state index < -0.39 is 5.60 Å². The van der Waals surface area contributed by atoms with E-state index in [0.29, 0.717) is 11.8 Å². The Bertz CT molecular complexity index is 366. The average Bonchev–Trinajstić information content (AvgIpc) is 2.72. The van der Waals surface area contributed by atoms with Gasteiger partial charge in [-0.25, -0.2) is 0 Å². The van der Waals surface area contributed by atoms with Crippen LogP contribution in [0.5, 0.6) is 0 Å². The molecule has 1 aliphatic rings. The summed E-state index contributed by atoms with van der Waals surface area (Å²) < 4.78 is 0. The lowest BCUT2D eigenvalue weighted by Gasteiger charge is -2.30. The fourth-order valence-electron chi connectivity index (χ4n) is 3.14. The normalized spacial score (nSPS) is 28.9. The van der Waals surface area contributed by atoms with Crippen LogP contribution >= 0.6 is 0 Å². The smallest absolute Gasteiger partial charge is 0.0924 e. The second kappa shape index (κ2) is 4.81. The Morgan fingerprint density at radius 3 is 2.47 bits per heavy atom. The van der Waals surface area contributed by atoms with E-state index in [1.807, 2.05) is 0 Å². The molecule has 1 fully saturated rings. The maximum absolute atomic E-state index is 10.9. The fraction of sp³-hybridized carbons (Fsp3) is 0.625. The molecule has 0 spiro atoms. The predicted octanol–water partition coefficient (Wildman–Crippen LogP) is 4.21. The summed E-state index contributed by atoms with van der Waals surface area (Å²) in [6.07, 6.45) is 4.31. The van der Waals surface area contributed by atoms with Gasteiger partial charge in [-0.3, -0.25) is 0 Å². The van der Waals surface area contributed by atoms with Gasteiger partial charge in [0.25, 0.3) is 0 Å². The largest absolute Gasteiger partial charge is 0.385 e. The van der Waals surface area contributed by atoms with Crippen LogP contribution in [0.2, 0.25) is 0 Å². The van der Waals surface area contributed by atoms with Crippen molar-refractivity contribution in [2.75, 3.05) is 0 Å². The van der Waals surface area contributed by atoms with E-state index in [1.165, 1.54) is 12.0 Å². The van der Waals surface area contributed by atoms with Gasteiger partial charge in [-0.2, -0.15) is 0 Å². The summed E-state index contributed by atoms with van der Waals surface area (Å²) in [6.45, 7) is 6.59. The first-order chi connectivity index (χ1) is 8.08. The molecule has 0 bridgehead atoms. The Morgan fingerprint density at radius 2 is 1.94 bits per heavy atom. The number of aliphatic hydroxyl groups is 1. The summed E-state index contributed by atoms with van der Waals surface area (Å²) in [5, 5.41) is 10.9. The third kappa shape index (κ3) is 2.26. The highest BCUT2D eigenvalue weighted by molar-refractivity contribution is 5.30. The maximum atomic E-state index is 10.9. The van der Waals surface area contributed by atoms with Crippen LogP contribution in [0.1, 0.15) is 63.5 Å². The zero-order valence-corrected chi connectivity index (χ0v) is 11.2. The van der Waals surface area contributed by atoms with E-state index in [0.717, 1.165) is 24.8 Å². The van der Waals surface area contributed by atoms with E-state index in [1.54, 1.807) is 0 Å². The summed E-state index contributed by atoms with van der Waals surface area (Å²) in [7, 11) is 0. The van der Waals surface area contributed by atoms with Gasteiger partial charge in [0.05, 0.1) is 5.60 Å². The van der Waals surface area contributed by atoms with Crippen LogP contribution < -0.4 is 0 Å². The fourth-order valence-corrected chi connectivity index (χ4v) is 3.14. The van der Waals surface area contributed by atoms with Crippen molar-refractivity contribution in [2.24, 2.45) is 5.92 Å². The van der Waals surface area contributed by atoms with Gasteiger partial charge < -0.3 is 5.11 Å². The van der Waals surface area contributed by atoms with Crippen molar-refractivity contribution < 1.29 is 5.11 Å². The molecule has 1 heteroatoms. The maximum Gasteiger partial charge on any atom is 0.0924 e.